The van der Waals surface area contributed by atoms with Crippen molar-refractivity contribution in [1.82, 2.24) is 5.32 Å². The lowest BCUT2D eigenvalue weighted by molar-refractivity contribution is 0.393. The van der Waals surface area contributed by atoms with Crippen molar-refractivity contribution in [1.29, 1.82) is 0 Å². The predicted octanol–water partition coefficient (Wildman–Crippen LogP) is 3.23. The van der Waals surface area contributed by atoms with Crippen LogP contribution in [-0.4, -0.2) is 12.6 Å². The van der Waals surface area contributed by atoms with Gasteiger partial charge in [-0.3, -0.25) is 0 Å². The lowest BCUT2D eigenvalue weighted by Gasteiger charge is -2.24. The van der Waals surface area contributed by atoms with Crippen LogP contribution >= 0.6 is 0 Å². The molecule has 0 unspecified atom stereocenters. The molecule has 0 radical (unpaired) electrons. The molecule has 0 heterocycles. The zero-order valence-corrected chi connectivity index (χ0v) is 10.6. The van der Waals surface area contributed by atoms with E-state index in [0.717, 1.165) is 6.42 Å². The maximum atomic E-state index is 3.34. The second-order valence-corrected chi connectivity index (χ2v) is 5.06. The third-order valence-corrected chi connectivity index (χ3v) is 3.19. The first-order valence-electron chi connectivity index (χ1n) is 5.70. The van der Waals surface area contributed by atoms with Crippen LogP contribution in [0, 0.1) is 13.8 Å². The largest absolute Gasteiger partial charge is 0.315 e. The van der Waals surface area contributed by atoms with E-state index in [4.69, 9.17) is 0 Å². The van der Waals surface area contributed by atoms with Crippen molar-refractivity contribution in [2.75, 3.05) is 7.05 Å². The highest BCUT2D eigenvalue weighted by atomic mass is 14.9. The highest BCUT2D eigenvalue weighted by Crippen LogP contribution is 2.17. The molecule has 84 valence electrons. The van der Waals surface area contributed by atoms with Crippen LogP contribution < -0.4 is 5.32 Å². The van der Waals surface area contributed by atoms with Gasteiger partial charge in [-0.2, -0.15) is 0 Å². The number of hydrogen-bond acceptors (Lipinski definition) is 1. The van der Waals surface area contributed by atoms with Crippen LogP contribution in [-0.2, 0) is 6.42 Å². The molecule has 0 bridgehead atoms. The average Bonchev–Trinajstić information content (AvgIpc) is 2.16. The van der Waals surface area contributed by atoms with E-state index >= 15 is 0 Å². The van der Waals surface area contributed by atoms with Gasteiger partial charge in [-0.25, -0.2) is 0 Å². The van der Waals surface area contributed by atoms with E-state index in [1.165, 1.54) is 23.1 Å². The molecule has 0 fully saturated rings. The fourth-order valence-corrected chi connectivity index (χ4v) is 1.70. The molecular formula is C14H23N. The van der Waals surface area contributed by atoms with Crippen molar-refractivity contribution in [3.8, 4) is 0 Å². The van der Waals surface area contributed by atoms with Crippen LogP contribution in [0.2, 0.25) is 0 Å². The Morgan fingerprint density at radius 2 is 1.87 bits per heavy atom. The first-order valence-corrected chi connectivity index (χ1v) is 5.70. The summed E-state index contributed by atoms with van der Waals surface area (Å²) >= 11 is 0. The zero-order chi connectivity index (χ0) is 11.5. The topological polar surface area (TPSA) is 12.0 Å². The highest BCUT2D eigenvalue weighted by molar-refractivity contribution is 5.30. The van der Waals surface area contributed by atoms with Gasteiger partial charge >= 0.3 is 0 Å². The van der Waals surface area contributed by atoms with Gasteiger partial charge in [0.05, 0.1) is 0 Å². The quantitative estimate of drug-likeness (QED) is 0.795. The molecule has 1 nitrogen and oxygen atoms in total. The predicted molar refractivity (Wildman–Crippen MR) is 67.4 cm³/mol. The number of aryl methyl sites for hydroxylation is 3. The molecule has 15 heavy (non-hydrogen) atoms. The van der Waals surface area contributed by atoms with Gasteiger partial charge in [-0.05, 0) is 58.7 Å². The summed E-state index contributed by atoms with van der Waals surface area (Å²) in [5.74, 6) is 0. The Labute approximate surface area is 93.9 Å². The highest BCUT2D eigenvalue weighted by Gasteiger charge is 2.14. The smallest absolute Gasteiger partial charge is 0.0125 e. The van der Waals surface area contributed by atoms with E-state index in [1.54, 1.807) is 0 Å². The Bertz CT molecular complexity index is 326. The summed E-state index contributed by atoms with van der Waals surface area (Å²) in [6.07, 6.45) is 2.33. The van der Waals surface area contributed by atoms with Crippen LogP contribution in [0.3, 0.4) is 0 Å². The van der Waals surface area contributed by atoms with E-state index in [-0.39, 0.29) is 5.54 Å². The zero-order valence-electron chi connectivity index (χ0n) is 10.6. The Kier molecular flexibility index (Phi) is 3.92. The van der Waals surface area contributed by atoms with Crippen molar-refractivity contribution >= 4 is 0 Å². The van der Waals surface area contributed by atoms with Crippen molar-refractivity contribution in [2.45, 2.75) is 46.1 Å². The van der Waals surface area contributed by atoms with Gasteiger partial charge in [0.25, 0.3) is 0 Å². The van der Waals surface area contributed by atoms with E-state index in [0.29, 0.717) is 0 Å². The van der Waals surface area contributed by atoms with Gasteiger partial charge in [-0.1, -0.05) is 23.8 Å². The Morgan fingerprint density at radius 1 is 1.20 bits per heavy atom. The number of rotatable bonds is 4. The monoisotopic (exact) mass is 205 g/mol. The Balaban J connectivity index is 2.66. The van der Waals surface area contributed by atoms with Crippen LogP contribution in [0.4, 0.5) is 0 Å². The molecule has 0 spiro atoms. The summed E-state index contributed by atoms with van der Waals surface area (Å²) in [5, 5.41) is 3.34. The normalized spacial score (nSPS) is 11.8. The minimum atomic E-state index is 0.233. The number of hydrogen-bond donors (Lipinski definition) is 1. The van der Waals surface area contributed by atoms with Crippen LogP contribution in [0.5, 0.6) is 0 Å². The van der Waals surface area contributed by atoms with E-state index in [2.05, 4.69) is 51.2 Å². The van der Waals surface area contributed by atoms with Crippen molar-refractivity contribution in [3.63, 3.8) is 0 Å². The Morgan fingerprint density at radius 3 is 2.40 bits per heavy atom. The molecule has 1 rings (SSSR count). The molecule has 1 aromatic carbocycles. The second kappa shape index (κ2) is 4.80. The van der Waals surface area contributed by atoms with Gasteiger partial charge in [0.15, 0.2) is 0 Å². The summed E-state index contributed by atoms with van der Waals surface area (Å²) in [4.78, 5) is 0. The van der Waals surface area contributed by atoms with Crippen LogP contribution in [0.1, 0.15) is 37.0 Å². The third kappa shape index (κ3) is 3.67. The van der Waals surface area contributed by atoms with Gasteiger partial charge in [-0.15, -0.1) is 0 Å². The van der Waals surface area contributed by atoms with Crippen LogP contribution in [0.25, 0.3) is 0 Å². The Hall–Kier alpha value is -0.820. The molecule has 0 aliphatic heterocycles. The molecule has 1 N–H and O–H groups in total. The van der Waals surface area contributed by atoms with E-state index < -0.39 is 0 Å². The minimum Gasteiger partial charge on any atom is -0.315 e. The fourth-order valence-electron chi connectivity index (χ4n) is 1.70. The molecule has 0 aliphatic carbocycles. The molecular weight excluding hydrogens is 182 g/mol. The number of nitrogens with one attached hydrogen (secondary N) is 1. The number of benzene rings is 1. The molecule has 0 saturated carbocycles. The lowest BCUT2D eigenvalue weighted by Crippen LogP contribution is -2.36. The van der Waals surface area contributed by atoms with E-state index in [1.807, 2.05) is 7.05 Å². The van der Waals surface area contributed by atoms with Crippen molar-refractivity contribution in [3.05, 3.63) is 34.9 Å². The van der Waals surface area contributed by atoms with Gasteiger partial charge < -0.3 is 5.32 Å². The maximum Gasteiger partial charge on any atom is 0.0125 e. The van der Waals surface area contributed by atoms with Gasteiger partial charge in [0, 0.05) is 5.54 Å². The first-order chi connectivity index (χ1) is 6.94. The third-order valence-electron chi connectivity index (χ3n) is 3.19. The summed E-state index contributed by atoms with van der Waals surface area (Å²) in [7, 11) is 2.03. The average molecular weight is 205 g/mol. The maximum absolute atomic E-state index is 3.34. The second-order valence-electron chi connectivity index (χ2n) is 5.06. The van der Waals surface area contributed by atoms with E-state index in [9.17, 15) is 0 Å². The van der Waals surface area contributed by atoms with Crippen molar-refractivity contribution < 1.29 is 0 Å². The molecule has 1 heteroatoms. The molecule has 1 aromatic rings. The first kappa shape index (κ1) is 12.3. The minimum absolute atomic E-state index is 0.233. The standard InChI is InChI=1S/C14H23N/c1-11-6-7-13(12(2)10-11)8-9-14(3,4)15-5/h6-7,10,15H,8-9H2,1-5H3. The molecule has 0 aliphatic rings. The SMILES string of the molecule is CNC(C)(C)CCc1ccc(C)cc1C. The summed E-state index contributed by atoms with van der Waals surface area (Å²) in [6, 6.07) is 6.73. The molecule has 0 saturated heterocycles. The summed E-state index contributed by atoms with van der Waals surface area (Å²) < 4.78 is 0. The molecule has 0 amide bonds. The summed E-state index contributed by atoms with van der Waals surface area (Å²) in [5.41, 5.74) is 4.48. The van der Waals surface area contributed by atoms with Crippen LogP contribution in [0.15, 0.2) is 18.2 Å². The lowest BCUT2D eigenvalue weighted by atomic mass is 9.93. The fraction of sp³-hybridized carbons (Fsp3) is 0.571. The summed E-state index contributed by atoms with van der Waals surface area (Å²) in [6.45, 7) is 8.84. The van der Waals surface area contributed by atoms with Gasteiger partial charge in [0.1, 0.15) is 0 Å². The van der Waals surface area contributed by atoms with Crippen molar-refractivity contribution in [2.24, 2.45) is 0 Å². The molecule has 0 aromatic heterocycles. The molecule has 0 atom stereocenters. The van der Waals surface area contributed by atoms with Gasteiger partial charge in [0.2, 0.25) is 0 Å².